The van der Waals surface area contributed by atoms with Crippen LogP contribution in [-0.4, -0.2) is 6.71 Å². The number of hydrogen-bond acceptors (Lipinski definition) is 2. The molecule has 0 aliphatic carbocycles. The predicted octanol–water partition coefficient (Wildman–Crippen LogP) is 16.7. The van der Waals surface area contributed by atoms with Crippen molar-refractivity contribution in [1.82, 2.24) is 0 Å². The fourth-order valence-corrected chi connectivity index (χ4v) is 12.6. The molecule has 338 valence electrons. The maximum absolute atomic E-state index is 7.18. The van der Waals surface area contributed by atoms with Crippen LogP contribution in [0.3, 0.4) is 0 Å². The number of anilines is 3. The molecular weight excluding hydrogens is 858 g/mol. The van der Waals surface area contributed by atoms with E-state index in [1.165, 1.54) is 104 Å². The Bertz CT molecular complexity index is 4070. The van der Waals surface area contributed by atoms with Gasteiger partial charge in [-0.2, -0.15) is 0 Å². The summed E-state index contributed by atoms with van der Waals surface area (Å²) in [5, 5.41) is 12.3. The highest BCUT2D eigenvalue weighted by Gasteiger charge is 2.32. The molecule has 1 aliphatic rings. The average Bonchev–Trinajstić information content (AvgIpc) is 3.38. The summed E-state index contributed by atoms with van der Waals surface area (Å²) in [5.74, 6) is 1.71. The molecule has 0 N–H and O–H groups in total. The van der Waals surface area contributed by atoms with Crippen molar-refractivity contribution in [2.24, 2.45) is 0 Å². The zero-order valence-electron chi connectivity index (χ0n) is 41.1. The Morgan fingerprint density at radius 3 is 1.68 bits per heavy atom. The molecule has 0 amide bonds. The van der Waals surface area contributed by atoms with Crippen molar-refractivity contribution < 1.29 is 4.74 Å². The van der Waals surface area contributed by atoms with E-state index in [1.807, 2.05) is 0 Å². The van der Waals surface area contributed by atoms with Gasteiger partial charge in [0.1, 0.15) is 11.5 Å². The van der Waals surface area contributed by atoms with Crippen LogP contribution < -0.4 is 26.0 Å². The molecule has 12 aromatic rings. The van der Waals surface area contributed by atoms with Gasteiger partial charge in [-0.3, -0.25) is 0 Å². The Labute approximate surface area is 416 Å². The molecule has 1 aliphatic heterocycles. The smallest absolute Gasteiger partial charge is 0.243 e. The van der Waals surface area contributed by atoms with E-state index >= 15 is 0 Å². The van der Waals surface area contributed by atoms with Gasteiger partial charge >= 0.3 is 0 Å². The van der Waals surface area contributed by atoms with Crippen molar-refractivity contribution in [2.45, 2.75) is 41.5 Å². The van der Waals surface area contributed by atoms with E-state index in [4.69, 9.17) is 4.74 Å². The van der Waals surface area contributed by atoms with Gasteiger partial charge in [0, 0.05) is 33.7 Å². The minimum absolute atomic E-state index is 0.0298. The quantitative estimate of drug-likeness (QED) is 0.117. The molecule has 13 rings (SSSR count). The second kappa shape index (κ2) is 16.6. The minimum Gasteiger partial charge on any atom is -0.456 e. The van der Waals surface area contributed by atoms with Crippen molar-refractivity contribution in [3.8, 4) is 33.8 Å². The molecule has 0 bridgehead atoms. The van der Waals surface area contributed by atoms with Gasteiger partial charge in [-0.25, -0.2) is 0 Å². The normalized spacial score (nSPS) is 11.9. The molecule has 0 saturated heterocycles. The van der Waals surface area contributed by atoms with Crippen LogP contribution in [0.4, 0.5) is 17.1 Å². The Morgan fingerprint density at radius 1 is 0.352 bits per heavy atom. The first-order chi connectivity index (χ1) is 34.7. The van der Waals surface area contributed by atoms with Crippen molar-refractivity contribution in [2.75, 3.05) is 4.90 Å². The zero-order chi connectivity index (χ0) is 48.1. The molecule has 0 spiro atoms. The molecule has 1 heterocycles. The molecule has 0 atom stereocenters. The van der Waals surface area contributed by atoms with Crippen LogP contribution in [0.2, 0.25) is 0 Å². The average molecular weight is 910 g/mol. The van der Waals surface area contributed by atoms with Crippen LogP contribution in [-0.2, 0) is 0 Å². The highest BCUT2D eigenvalue weighted by atomic mass is 16.5. The molecular formula is C68H52BNO. The largest absolute Gasteiger partial charge is 0.456 e. The van der Waals surface area contributed by atoms with Gasteiger partial charge in [0.05, 0.1) is 11.4 Å². The molecule has 3 heteroatoms. The fraction of sp³-hybridized carbons (Fsp3) is 0.0882. The highest BCUT2D eigenvalue weighted by Crippen LogP contribution is 2.52. The lowest BCUT2D eigenvalue weighted by Crippen LogP contribution is -2.56. The van der Waals surface area contributed by atoms with Crippen molar-refractivity contribution in [3.63, 3.8) is 0 Å². The molecule has 0 saturated carbocycles. The summed E-state index contributed by atoms with van der Waals surface area (Å²) in [6, 6.07) is 76.4. The first kappa shape index (κ1) is 42.7. The molecule has 0 unspecified atom stereocenters. The van der Waals surface area contributed by atoms with Gasteiger partial charge in [-0.05, 0) is 132 Å². The number of para-hydroxylation sites is 1. The van der Waals surface area contributed by atoms with Gasteiger partial charge in [0.2, 0.25) is 6.71 Å². The zero-order valence-corrected chi connectivity index (χ0v) is 41.1. The van der Waals surface area contributed by atoms with Gasteiger partial charge in [-0.15, -0.1) is 0 Å². The number of aryl methyl sites for hydroxylation is 6. The van der Waals surface area contributed by atoms with Crippen molar-refractivity contribution >= 4 is 94.0 Å². The van der Waals surface area contributed by atoms with E-state index in [9.17, 15) is 0 Å². The molecule has 2 nitrogen and oxygen atoms in total. The summed E-state index contributed by atoms with van der Waals surface area (Å²) in [4.78, 5) is 2.43. The van der Waals surface area contributed by atoms with Crippen LogP contribution >= 0.6 is 0 Å². The van der Waals surface area contributed by atoms with Crippen LogP contribution in [0.5, 0.6) is 11.5 Å². The first-order valence-electron chi connectivity index (χ1n) is 24.9. The van der Waals surface area contributed by atoms with E-state index in [0.717, 1.165) is 50.6 Å². The molecule has 0 radical (unpaired) electrons. The first-order valence-corrected chi connectivity index (χ1v) is 24.9. The van der Waals surface area contributed by atoms with Crippen LogP contribution in [0, 0.1) is 41.5 Å². The lowest BCUT2D eigenvalue weighted by molar-refractivity contribution is 0.487. The molecule has 71 heavy (non-hydrogen) atoms. The van der Waals surface area contributed by atoms with Crippen LogP contribution in [0.1, 0.15) is 33.4 Å². The number of fused-ring (bicyclic) bond motifs is 9. The third-order valence-electron chi connectivity index (χ3n) is 15.3. The van der Waals surface area contributed by atoms with Gasteiger partial charge in [0.25, 0.3) is 0 Å². The number of benzene rings is 12. The monoisotopic (exact) mass is 909 g/mol. The topological polar surface area (TPSA) is 12.5 Å². The number of rotatable bonds is 7. The number of hydrogen-bond donors (Lipinski definition) is 0. The third kappa shape index (κ3) is 6.86. The van der Waals surface area contributed by atoms with Crippen LogP contribution in [0.25, 0.3) is 76.1 Å². The Hall–Kier alpha value is -8.40. The standard InChI is InChI=1S/C68H52BNO/c1-41-34-43(3)67(44(4)35-41)69(68-45(5)36-42(2)37-46(68)6)61-40-59-57-26-17-29-64-66(57)60(39-58(59)53-23-12-13-24-54(53)61)56-33-31-49(38-65(56)71-64)70(62-27-15-14-22-51(62)47-18-8-7-9-19-47)63-28-16-25-52-50-21-11-10-20-48(50)30-32-55(52)63/h7-40H,1-6H3. The Morgan fingerprint density at radius 2 is 0.930 bits per heavy atom. The lowest BCUT2D eigenvalue weighted by atomic mass is 9.33. The summed E-state index contributed by atoms with van der Waals surface area (Å²) < 4.78 is 7.18. The summed E-state index contributed by atoms with van der Waals surface area (Å²) in [6.45, 7) is 13.7. The number of nitrogens with zero attached hydrogens (tertiary/aromatic N) is 1. The molecule has 12 aromatic carbocycles. The Kier molecular flexibility index (Phi) is 10.0. The SMILES string of the molecule is Cc1cc(C)c(B(c2c(C)cc(C)cc2C)c2cc3c4cccc5c4c(cc3c3ccccc23)-c2ccc(N(c3ccccc3-c3ccccc3)c3cccc4c3ccc3ccccc34)cc2O5)c(C)c1. The van der Waals surface area contributed by atoms with E-state index in [1.54, 1.807) is 0 Å². The Balaban J connectivity index is 1.04. The number of ether oxygens (including phenoxy) is 1. The summed E-state index contributed by atoms with van der Waals surface area (Å²) in [6.07, 6.45) is 0. The summed E-state index contributed by atoms with van der Waals surface area (Å²) in [7, 11) is 0. The van der Waals surface area contributed by atoms with E-state index < -0.39 is 0 Å². The fourth-order valence-electron chi connectivity index (χ4n) is 12.6. The summed E-state index contributed by atoms with van der Waals surface area (Å²) >= 11 is 0. The third-order valence-corrected chi connectivity index (χ3v) is 15.3. The van der Waals surface area contributed by atoms with Gasteiger partial charge in [0.15, 0.2) is 0 Å². The summed E-state index contributed by atoms with van der Waals surface area (Å²) in [5.41, 5.74) is 19.8. The second-order valence-corrected chi connectivity index (χ2v) is 19.9. The molecule has 0 fully saturated rings. The predicted molar refractivity (Wildman–Crippen MR) is 306 cm³/mol. The highest BCUT2D eigenvalue weighted by molar-refractivity contribution is 6.98. The van der Waals surface area contributed by atoms with Gasteiger partial charge in [-0.1, -0.05) is 214 Å². The van der Waals surface area contributed by atoms with Gasteiger partial charge < -0.3 is 9.64 Å². The second-order valence-electron chi connectivity index (χ2n) is 19.9. The lowest BCUT2D eigenvalue weighted by Gasteiger charge is -2.31. The van der Waals surface area contributed by atoms with E-state index in [0.29, 0.717) is 0 Å². The van der Waals surface area contributed by atoms with Crippen molar-refractivity contribution in [1.29, 1.82) is 0 Å². The van der Waals surface area contributed by atoms with Crippen LogP contribution in [0.15, 0.2) is 206 Å². The van der Waals surface area contributed by atoms with E-state index in [2.05, 4.69) is 253 Å². The molecule has 0 aromatic heterocycles. The maximum Gasteiger partial charge on any atom is 0.243 e. The van der Waals surface area contributed by atoms with Crippen molar-refractivity contribution in [3.05, 3.63) is 240 Å². The maximum atomic E-state index is 7.18. The van der Waals surface area contributed by atoms with E-state index in [-0.39, 0.29) is 6.71 Å². The minimum atomic E-state index is 0.0298.